The lowest BCUT2D eigenvalue weighted by molar-refractivity contribution is 0.396. The molecule has 0 aliphatic heterocycles. The Morgan fingerprint density at radius 1 is 0.935 bits per heavy atom. The summed E-state index contributed by atoms with van der Waals surface area (Å²) in [5, 5.41) is 8.16. The van der Waals surface area contributed by atoms with Crippen molar-refractivity contribution in [1.82, 2.24) is 14.6 Å². The average molecular weight is 413 g/mol. The fraction of sp³-hybridized carbons (Fsp3) is 0.280. The van der Waals surface area contributed by atoms with Crippen molar-refractivity contribution in [2.45, 2.75) is 44.1 Å². The molecule has 0 saturated heterocycles. The third-order valence-electron chi connectivity index (χ3n) is 6.26. The summed E-state index contributed by atoms with van der Waals surface area (Å²) in [6.07, 6.45) is 8.58. The normalized spacial score (nSPS) is 18.9. The van der Waals surface area contributed by atoms with Crippen molar-refractivity contribution in [3.8, 4) is 0 Å². The van der Waals surface area contributed by atoms with Gasteiger partial charge in [-0.1, -0.05) is 42.5 Å². The molecule has 6 nitrogen and oxygen atoms in total. The van der Waals surface area contributed by atoms with Crippen LogP contribution in [0, 0.1) is 0 Å². The molecule has 1 aliphatic rings. The zero-order valence-corrected chi connectivity index (χ0v) is 17.5. The van der Waals surface area contributed by atoms with Gasteiger partial charge >= 0.3 is 0 Å². The summed E-state index contributed by atoms with van der Waals surface area (Å²) in [6.45, 7) is 0. The van der Waals surface area contributed by atoms with E-state index in [2.05, 4.69) is 63.9 Å². The number of aromatic nitrogens is 3. The summed E-state index contributed by atoms with van der Waals surface area (Å²) in [5.74, 6) is 0.906. The molecule has 1 aliphatic carbocycles. The van der Waals surface area contributed by atoms with Gasteiger partial charge in [-0.15, -0.1) is 5.10 Å². The van der Waals surface area contributed by atoms with Crippen molar-refractivity contribution in [3.63, 3.8) is 0 Å². The van der Waals surface area contributed by atoms with Crippen molar-refractivity contribution in [1.29, 1.82) is 0 Å². The van der Waals surface area contributed by atoms with Gasteiger partial charge in [0.05, 0.1) is 5.69 Å². The number of nitrogens with two attached hydrogens (primary N) is 2. The van der Waals surface area contributed by atoms with Crippen LogP contribution < -0.4 is 16.8 Å². The topological polar surface area (TPSA) is 94.3 Å². The highest BCUT2D eigenvalue weighted by molar-refractivity contribution is 5.80. The highest BCUT2D eigenvalue weighted by Gasteiger charge is 2.27. The highest BCUT2D eigenvalue weighted by Crippen LogP contribution is 2.41. The van der Waals surface area contributed by atoms with E-state index < -0.39 is 0 Å². The Morgan fingerprint density at radius 3 is 2.39 bits per heavy atom. The maximum atomic E-state index is 6.44. The minimum Gasteiger partial charge on any atom is -0.382 e. The molecule has 1 fully saturated rings. The van der Waals surface area contributed by atoms with E-state index in [0.717, 1.165) is 54.7 Å². The largest absolute Gasteiger partial charge is 0.382 e. The van der Waals surface area contributed by atoms with Crippen molar-refractivity contribution < 1.29 is 0 Å². The lowest BCUT2D eigenvalue weighted by Gasteiger charge is -2.28. The number of hydrogen-bond acceptors (Lipinski definition) is 5. The molecule has 31 heavy (non-hydrogen) atoms. The molecule has 4 aromatic rings. The van der Waals surface area contributed by atoms with E-state index in [1.165, 1.54) is 11.1 Å². The zero-order valence-electron chi connectivity index (χ0n) is 17.5. The van der Waals surface area contributed by atoms with Gasteiger partial charge in [0, 0.05) is 29.7 Å². The number of nitrogens with one attached hydrogen (secondary N) is 1. The van der Waals surface area contributed by atoms with Crippen LogP contribution >= 0.6 is 0 Å². The SMILES string of the molecule is Nc1nn2ccnc2c(Nc2ccc(Cc3ccccc3)cc2)c1C1CCC(N)CC1. The van der Waals surface area contributed by atoms with Crippen LogP contribution in [0.3, 0.4) is 0 Å². The van der Waals surface area contributed by atoms with Gasteiger partial charge in [-0.25, -0.2) is 9.50 Å². The highest BCUT2D eigenvalue weighted by atomic mass is 15.3. The van der Waals surface area contributed by atoms with Gasteiger partial charge in [0.15, 0.2) is 5.65 Å². The maximum Gasteiger partial charge on any atom is 0.177 e. The summed E-state index contributed by atoms with van der Waals surface area (Å²) in [5.41, 5.74) is 19.0. The molecule has 0 amide bonds. The van der Waals surface area contributed by atoms with Gasteiger partial charge in [0.25, 0.3) is 0 Å². The monoisotopic (exact) mass is 412 g/mol. The van der Waals surface area contributed by atoms with Crippen LogP contribution in [-0.2, 0) is 6.42 Å². The molecule has 158 valence electrons. The number of hydrogen-bond donors (Lipinski definition) is 3. The van der Waals surface area contributed by atoms with Gasteiger partial charge in [-0.3, -0.25) is 0 Å². The fourth-order valence-corrected chi connectivity index (χ4v) is 4.60. The molecule has 5 N–H and O–H groups in total. The van der Waals surface area contributed by atoms with E-state index in [1.54, 1.807) is 10.7 Å². The number of fused-ring (bicyclic) bond motifs is 1. The van der Waals surface area contributed by atoms with E-state index in [1.807, 2.05) is 12.3 Å². The van der Waals surface area contributed by atoms with E-state index >= 15 is 0 Å². The summed E-state index contributed by atoms with van der Waals surface area (Å²) in [4.78, 5) is 4.56. The second-order valence-corrected chi connectivity index (χ2v) is 8.47. The van der Waals surface area contributed by atoms with Gasteiger partial charge < -0.3 is 16.8 Å². The van der Waals surface area contributed by atoms with Crippen LogP contribution in [0.5, 0.6) is 0 Å². The first-order valence-corrected chi connectivity index (χ1v) is 11.0. The van der Waals surface area contributed by atoms with E-state index in [4.69, 9.17) is 11.5 Å². The van der Waals surface area contributed by atoms with Crippen LogP contribution in [-0.4, -0.2) is 20.6 Å². The minimum atomic E-state index is 0.286. The first-order valence-electron chi connectivity index (χ1n) is 11.0. The Bertz CT molecular complexity index is 1160. The Labute approximate surface area is 182 Å². The molecule has 0 unspecified atom stereocenters. The van der Waals surface area contributed by atoms with Gasteiger partial charge in [-0.05, 0) is 61.3 Å². The number of rotatable bonds is 5. The molecule has 5 rings (SSSR count). The quantitative estimate of drug-likeness (QED) is 0.444. The third kappa shape index (κ3) is 4.11. The second kappa shape index (κ2) is 8.40. The van der Waals surface area contributed by atoms with Crippen molar-refractivity contribution >= 4 is 22.8 Å². The summed E-state index contributed by atoms with van der Waals surface area (Å²) < 4.78 is 1.75. The molecule has 6 heteroatoms. The number of imidazole rings is 1. The lowest BCUT2D eigenvalue weighted by atomic mass is 9.81. The second-order valence-electron chi connectivity index (χ2n) is 8.47. The van der Waals surface area contributed by atoms with Crippen LogP contribution in [0.25, 0.3) is 5.65 Å². The van der Waals surface area contributed by atoms with Gasteiger partial charge in [0.2, 0.25) is 0 Å². The predicted molar refractivity (Wildman–Crippen MR) is 126 cm³/mol. The van der Waals surface area contributed by atoms with Crippen molar-refractivity contribution in [2.75, 3.05) is 11.1 Å². The number of nitrogens with zero attached hydrogens (tertiary/aromatic N) is 3. The molecule has 0 bridgehead atoms. The van der Waals surface area contributed by atoms with Crippen molar-refractivity contribution in [2.24, 2.45) is 5.73 Å². The number of benzene rings is 2. The standard InChI is InChI=1S/C25H28N6/c26-20-10-8-19(9-11-20)22-23(25-28-14-15-31(25)30-24(22)27)29-21-12-6-18(7-13-21)16-17-4-2-1-3-5-17/h1-7,12-15,19-20,29H,8-11,16,26H2,(H2,27,30). The number of anilines is 3. The Morgan fingerprint density at radius 2 is 1.65 bits per heavy atom. The van der Waals surface area contributed by atoms with E-state index in [9.17, 15) is 0 Å². The Hall–Kier alpha value is -3.38. The Kier molecular flexibility index (Phi) is 5.30. The predicted octanol–water partition coefficient (Wildman–Crippen LogP) is 4.63. The summed E-state index contributed by atoms with van der Waals surface area (Å²) in [7, 11) is 0. The van der Waals surface area contributed by atoms with E-state index in [-0.39, 0.29) is 6.04 Å². The molecule has 0 atom stereocenters. The van der Waals surface area contributed by atoms with Crippen molar-refractivity contribution in [3.05, 3.63) is 83.7 Å². The van der Waals surface area contributed by atoms with E-state index in [0.29, 0.717) is 11.7 Å². The minimum absolute atomic E-state index is 0.286. The number of nitrogen functional groups attached to an aromatic ring is 1. The molecule has 2 aromatic heterocycles. The summed E-state index contributed by atoms with van der Waals surface area (Å²) >= 11 is 0. The third-order valence-corrected chi connectivity index (χ3v) is 6.26. The molecule has 0 radical (unpaired) electrons. The first kappa shape index (κ1) is 19.6. The molecule has 1 saturated carbocycles. The average Bonchev–Trinajstić information content (AvgIpc) is 3.25. The first-order chi connectivity index (χ1) is 15.2. The smallest absolute Gasteiger partial charge is 0.177 e. The molecule has 2 aromatic carbocycles. The van der Waals surface area contributed by atoms with Gasteiger partial charge in [-0.2, -0.15) is 0 Å². The lowest BCUT2D eigenvalue weighted by Crippen LogP contribution is -2.26. The van der Waals surface area contributed by atoms with Crippen LogP contribution in [0.15, 0.2) is 67.0 Å². The maximum absolute atomic E-state index is 6.44. The van der Waals surface area contributed by atoms with Gasteiger partial charge in [0.1, 0.15) is 5.82 Å². The molecule has 0 spiro atoms. The fourth-order valence-electron chi connectivity index (χ4n) is 4.60. The molecular formula is C25H28N6. The Balaban J connectivity index is 1.45. The zero-order chi connectivity index (χ0) is 21.2. The van der Waals surface area contributed by atoms with Crippen LogP contribution in [0.1, 0.15) is 48.3 Å². The molecular weight excluding hydrogens is 384 g/mol. The van der Waals surface area contributed by atoms with Crippen LogP contribution in [0.4, 0.5) is 17.2 Å². The van der Waals surface area contributed by atoms with Crippen LogP contribution in [0.2, 0.25) is 0 Å². The molecule has 2 heterocycles. The summed E-state index contributed by atoms with van der Waals surface area (Å²) in [6, 6.07) is 19.4.